The molecule has 0 amide bonds. The highest BCUT2D eigenvalue weighted by Gasteiger charge is 2.13. The Morgan fingerprint density at radius 3 is 2.81 bits per heavy atom. The van der Waals surface area contributed by atoms with Gasteiger partial charge < -0.3 is 0 Å². The number of aromatic nitrogens is 3. The van der Waals surface area contributed by atoms with E-state index in [1.807, 2.05) is 24.3 Å². The standard InChI is InChI=1S/C11H10ClN3O/c1-7(16)11-10(13-15-14-11)6-8-4-2-3-5-9(8)12/h2-5H,6H2,1H3,(H,13,14,15). The van der Waals surface area contributed by atoms with Gasteiger partial charge in [-0.25, -0.2) is 0 Å². The normalized spacial score (nSPS) is 10.4. The molecule has 0 unspecified atom stereocenters. The minimum absolute atomic E-state index is 0.101. The number of nitrogens with zero attached hydrogens (tertiary/aromatic N) is 2. The van der Waals surface area contributed by atoms with Crippen LogP contribution in [0, 0.1) is 0 Å². The van der Waals surface area contributed by atoms with Crippen LogP contribution in [-0.4, -0.2) is 21.2 Å². The van der Waals surface area contributed by atoms with E-state index in [4.69, 9.17) is 11.6 Å². The minimum Gasteiger partial charge on any atom is -0.293 e. The number of carbonyl (C=O) groups is 1. The van der Waals surface area contributed by atoms with E-state index in [1.54, 1.807) is 0 Å². The van der Waals surface area contributed by atoms with Crippen molar-refractivity contribution in [2.24, 2.45) is 0 Å². The Hall–Kier alpha value is -1.68. The Labute approximate surface area is 97.6 Å². The molecule has 16 heavy (non-hydrogen) atoms. The van der Waals surface area contributed by atoms with Crippen molar-refractivity contribution in [3.63, 3.8) is 0 Å². The number of benzene rings is 1. The quantitative estimate of drug-likeness (QED) is 0.831. The number of H-pyrrole nitrogens is 1. The molecular weight excluding hydrogens is 226 g/mol. The molecule has 1 N–H and O–H groups in total. The van der Waals surface area contributed by atoms with E-state index in [9.17, 15) is 4.79 Å². The molecule has 5 heteroatoms. The molecule has 0 spiro atoms. The number of hydrogen-bond acceptors (Lipinski definition) is 3. The van der Waals surface area contributed by atoms with Crippen molar-refractivity contribution in [1.82, 2.24) is 15.4 Å². The van der Waals surface area contributed by atoms with Crippen LogP contribution < -0.4 is 0 Å². The van der Waals surface area contributed by atoms with Crippen molar-refractivity contribution < 1.29 is 4.79 Å². The molecule has 0 aliphatic carbocycles. The lowest BCUT2D eigenvalue weighted by Crippen LogP contribution is -2.00. The molecule has 0 atom stereocenters. The number of aromatic amines is 1. The molecule has 1 aromatic heterocycles. The molecule has 0 radical (unpaired) electrons. The SMILES string of the molecule is CC(=O)c1n[nH]nc1Cc1ccccc1Cl. The summed E-state index contributed by atoms with van der Waals surface area (Å²) in [4.78, 5) is 11.2. The van der Waals surface area contributed by atoms with Gasteiger partial charge in [-0.2, -0.15) is 15.4 Å². The number of Topliss-reactive ketones (excluding diaryl/α,β-unsaturated/α-hetero) is 1. The zero-order valence-corrected chi connectivity index (χ0v) is 9.45. The van der Waals surface area contributed by atoms with Crippen LogP contribution in [-0.2, 0) is 6.42 Å². The summed E-state index contributed by atoms with van der Waals surface area (Å²) < 4.78 is 0. The number of ketones is 1. The van der Waals surface area contributed by atoms with E-state index >= 15 is 0 Å². The summed E-state index contributed by atoms with van der Waals surface area (Å²) >= 11 is 6.03. The lowest BCUT2D eigenvalue weighted by atomic mass is 10.1. The number of nitrogens with one attached hydrogen (secondary N) is 1. The van der Waals surface area contributed by atoms with Gasteiger partial charge >= 0.3 is 0 Å². The first-order valence-electron chi connectivity index (χ1n) is 4.82. The maximum absolute atomic E-state index is 11.2. The zero-order valence-electron chi connectivity index (χ0n) is 8.70. The van der Waals surface area contributed by atoms with E-state index in [0.717, 1.165) is 5.56 Å². The second-order valence-corrected chi connectivity index (χ2v) is 3.85. The Kier molecular flexibility index (Phi) is 3.01. The Morgan fingerprint density at radius 2 is 2.12 bits per heavy atom. The summed E-state index contributed by atoms with van der Waals surface area (Å²) in [6.45, 7) is 1.47. The minimum atomic E-state index is -0.101. The largest absolute Gasteiger partial charge is 0.293 e. The highest BCUT2D eigenvalue weighted by molar-refractivity contribution is 6.31. The maximum atomic E-state index is 11.2. The highest BCUT2D eigenvalue weighted by Crippen LogP contribution is 2.18. The van der Waals surface area contributed by atoms with Crippen LogP contribution in [0.5, 0.6) is 0 Å². The number of carbonyl (C=O) groups excluding carboxylic acids is 1. The van der Waals surface area contributed by atoms with Crippen LogP contribution in [0.15, 0.2) is 24.3 Å². The molecule has 0 aliphatic rings. The van der Waals surface area contributed by atoms with Crippen LogP contribution in [0.4, 0.5) is 0 Å². The third kappa shape index (κ3) is 2.12. The fourth-order valence-corrected chi connectivity index (χ4v) is 1.68. The molecule has 1 heterocycles. The summed E-state index contributed by atoms with van der Waals surface area (Å²) in [5.41, 5.74) is 1.93. The summed E-state index contributed by atoms with van der Waals surface area (Å²) in [6.07, 6.45) is 0.505. The summed E-state index contributed by atoms with van der Waals surface area (Å²) in [5, 5.41) is 10.9. The van der Waals surface area contributed by atoms with Crippen molar-refractivity contribution in [2.75, 3.05) is 0 Å². The summed E-state index contributed by atoms with van der Waals surface area (Å²) in [6, 6.07) is 7.47. The van der Waals surface area contributed by atoms with Crippen molar-refractivity contribution >= 4 is 17.4 Å². The van der Waals surface area contributed by atoms with Crippen LogP contribution >= 0.6 is 11.6 Å². The predicted molar refractivity (Wildman–Crippen MR) is 60.6 cm³/mol. The molecule has 0 aliphatic heterocycles. The van der Waals surface area contributed by atoms with Gasteiger partial charge in [0.1, 0.15) is 0 Å². The van der Waals surface area contributed by atoms with E-state index < -0.39 is 0 Å². The molecule has 2 rings (SSSR count). The van der Waals surface area contributed by atoms with Crippen LogP contribution in [0.1, 0.15) is 28.7 Å². The lowest BCUT2D eigenvalue weighted by molar-refractivity contribution is 0.101. The average Bonchev–Trinajstić information content (AvgIpc) is 2.69. The summed E-state index contributed by atoms with van der Waals surface area (Å²) in [7, 11) is 0. The van der Waals surface area contributed by atoms with E-state index in [1.165, 1.54) is 6.92 Å². The summed E-state index contributed by atoms with van der Waals surface area (Å²) in [5.74, 6) is -0.101. The molecule has 4 nitrogen and oxygen atoms in total. The predicted octanol–water partition coefficient (Wildman–Crippen LogP) is 2.25. The topological polar surface area (TPSA) is 58.6 Å². The molecule has 0 bridgehead atoms. The number of rotatable bonds is 3. The Bertz CT molecular complexity index is 521. The molecule has 82 valence electrons. The second kappa shape index (κ2) is 4.45. The van der Waals surface area contributed by atoms with Gasteiger partial charge in [-0.05, 0) is 11.6 Å². The van der Waals surface area contributed by atoms with Crippen molar-refractivity contribution in [3.05, 3.63) is 46.2 Å². The van der Waals surface area contributed by atoms with E-state index in [2.05, 4.69) is 15.4 Å². The maximum Gasteiger partial charge on any atom is 0.181 e. The third-order valence-corrected chi connectivity index (χ3v) is 2.64. The van der Waals surface area contributed by atoms with Gasteiger partial charge in [0.05, 0.1) is 5.69 Å². The Morgan fingerprint density at radius 1 is 1.38 bits per heavy atom. The van der Waals surface area contributed by atoms with Gasteiger partial charge in [0.15, 0.2) is 11.5 Å². The first kappa shape index (κ1) is 10.8. The third-order valence-electron chi connectivity index (χ3n) is 2.27. The van der Waals surface area contributed by atoms with E-state index in [0.29, 0.717) is 22.8 Å². The monoisotopic (exact) mass is 235 g/mol. The first-order valence-corrected chi connectivity index (χ1v) is 5.20. The molecule has 0 saturated heterocycles. The van der Waals surface area contributed by atoms with Crippen LogP contribution in [0.2, 0.25) is 5.02 Å². The average molecular weight is 236 g/mol. The van der Waals surface area contributed by atoms with Gasteiger partial charge in [0.25, 0.3) is 0 Å². The zero-order chi connectivity index (χ0) is 11.5. The molecule has 2 aromatic rings. The van der Waals surface area contributed by atoms with Crippen molar-refractivity contribution in [3.8, 4) is 0 Å². The molecule has 0 fully saturated rings. The van der Waals surface area contributed by atoms with Crippen molar-refractivity contribution in [1.29, 1.82) is 0 Å². The second-order valence-electron chi connectivity index (χ2n) is 3.44. The van der Waals surface area contributed by atoms with Gasteiger partial charge in [0.2, 0.25) is 0 Å². The lowest BCUT2D eigenvalue weighted by Gasteiger charge is -2.01. The van der Waals surface area contributed by atoms with E-state index in [-0.39, 0.29) is 5.78 Å². The van der Waals surface area contributed by atoms with Gasteiger partial charge in [-0.1, -0.05) is 29.8 Å². The molecule has 0 saturated carbocycles. The molecular formula is C11H10ClN3O. The van der Waals surface area contributed by atoms with Gasteiger partial charge in [-0.3, -0.25) is 4.79 Å². The fraction of sp³-hybridized carbons (Fsp3) is 0.182. The Balaban J connectivity index is 2.31. The van der Waals surface area contributed by atoms with Crippen molar-refractivity contribution in [2.45, 2.75) is 13.3 Å². The van der Waals surface area contributed by atoms with Crippen LogP contribution in [0.3, 0.4) is 0 Å². The first-order chi connectivity index (χ1) is 7.68. The smallest absolute Gasteiger partial charge is 0.181 e. The van der Waals surface area contributed by atoms with Gasteiger partial charge in [0, 0.05) is 18.4 Å². The fourth-order valence-electron chi connectivity index (χ4n) is 1.48. The number of hydrogen-bond donors (Lipinski definition) is 1. The number of halogens is 1. The highest BCUT2D eigenvalue weighted by atomic mass is 35.5. The molecule has 1 aromatic carbocycles. The van der Waals surface area contributed by atoms with Crippen LogP contribution in [0.25, 0.3) is 0 Å². The van der Waals surface area contributed by atoms with Gasteiger partial charge in [-0.15, -0.1) is 0 Å².